The molecule has 1 atom stereocenters. The fourth-order valence-electron chi connectivity index (χ4n) is 2.74. The number of nitrogens with one attached hydrogen (secondary N) is 2. The lowest BCUT2D eigenvalue weighted by molar-refractivity contribution is -0.116. The Morgan fingerprint density at radius 1 is 1.25 bits per heavy atom. The molecule has 1 aromatic carbocycles. The molecule has 2 aromatic rings. The van der Waals surface area contributed by atoms with E-state index in [1.165, 1.54) is 11.8 Å². The highest BCUT2D eigenvalue weighted by Crippen LogP contribution is 2.35. The summed E-state index contributed by atoms with van der Waals surface area (Å²) in [4.78, 5) is 33.1. The maximum absolute atomic E-state index is 12.6. The highest BCUT2D eigenvalue weighted by atomic mass is 32.2. The van der Waals surface area contributed by atoms with E-state index in [-0.39, 0.29) is 23.8 Å². The Hall–Kier alpha value is -1.73. The van der Waals surface area contributed by atoms with Crippen LogP contribution in [-0.2, 0) is 4.79 Å². The molecule has 0 bridgehead atoms. The maximum Gasteiger partial charge on any atom is 0.257 e. The predicted molar refractivity (Wildman–Crippen MR) is 99.2 cm³/mol. The third-order valence-corrected chi connectivity index (χ3v) is 5.71. The van der Waals surface area contributed by atoms with Crippen LogP contribution in [0.3, 0.4) is 0 Å². The fraction of sp³-hybridized carbons (Fsp3) is 0.353. The molecular formula is C17H19N3O2S2. The second kappa shape index (κ2) is 7.44. The Bertz CT molecular complexity index is 802. The number of aromatic amines is 1. The Morgan fingerprint density at radius 2 is 2.00 bits per heavy atom. The van der Waals surface area contributed by atoms with Crippen LogP contribution in [0.4, 0.5) is 5.82 Å². The molecule has 1 aliphatic rings. The first-order valence-electron chi connectivity index (χ1n) is 7.83. The van der Waals surface area contributed by atoms with E-state index in [2.05, 4.69) is 22.2 Å². The number of nitrogens with zero attached hydrogens (tertiary/aromatic N) is 1. The average Bonchev–Trinajstić information content (AvgIpc) is 2.59. The van der Waals surface area contributed by atoms with Crippen molar-refractivity contribution in [3.8, 4) is 0 Å². The van der Waals surface area contributed by atoms with Crippen LogP contribution in [0.1, 0.15) is 36.8 Å². The molecular weight excluding hydrogens is 342 g/mol. The average molecular weight is 361 g/mol. The number of benzene rings is 1. The van der Waals surface area contributed by atoms with Gasteiger partial charge in [0.2, 0.25) is 5.91 Å². The first-order chi connectivity index (χ1) is 11.6. The van der Waals surface area contributed by atoms with Gasteiger partial charge in [-0.15, -0.1) is 11.8 Å². The van der Waals surface area contributed by atoms with Gasteiger partial charge in [-0.05, 0) is 30.4 Å². The first-order valence-corrected chi connectivity index (χ1v) is 10.0. The number of thioether (sulfide) groups is 2. The van der Waals surface area contributed by atoms with Crippen LogP contribution < -0.4 is 10.9 Å². The van der Waals surface area contributed by atoms with E-state index in [1.807, 2.05) is 30.5 Å². The van der Waals surface area contributed by atoms with Crippen LogP contribution in [0.25, 0.3) is 0 Å². The molecule has 1 aliphatic heterocycles. The molecule has 24 heavy (non-hydrogen) atoms. The van der Waals surface area contributed by atoms with Crippen molar-refractivity contribution in [2.24, 2.45) is 0 Å². The fourth-order valence-corrected chi connectivity index (χ4v) is 3.87. The normalized spacial score (nSPS) is 16.6. The SMILES string of the molecule is CCCSc1nc2c(c(=O)[nH]1)C(c1ccc(SC)cc1)CC(=O)N2. The van der Waals surface area contributed by atoms with Gasteiger partial charge in [-0.1, -0.05) is 30.8 Å². The molecule has 0 fully saturated rings. The van der Waals surface area contributed by atoms with Crippen molar-refractivity contribution in [1.29, 1.82) is 0 Å². The second-order valence-corrected chi connectivity index (χ2v) is 7.52. The summed E-state index contributed by atoms with van der Waals surface area (Å²) in [6.07, 6.45) is 3.27. The monoisotopic (exact) mass is 361 g/mol. The van der Waals surface area contributed by atoms with Gasteiger partial charge >= 0.3 is 0 Å². The number of carbonyl (C=O) groups excluding carboxylic acids is 1. The Kier molecular flexibility index (Phi) is 5.30. The van der Waals surface area contributed by atoms with Crippen molar-refractivity contribution in [2.75, 3.05) is 17.3 Å². The van der Waals surface area contributed by atoms with Gasteiger partial charge in [-0.2, -0.15) is 0 Å². The highest BCUT2D eigenvalue weighted by molar-refractivity contribution is 7.99. The van der Waals surface area contributed by atoms with Gasteiger partial charge < -0.3 is 10.3 Å². The Balaban J connectivity index is 2.02. The summed E-state index contributed by atoms with van der Waals surface area (Å²) in [5.41, 5.74) is 1.34. The first kappa shape index (κ1) is 17.1. The van der Waals surface area contributed by atoms with E-state index < -0.39 is 0 Å². The van der Waals surface area contributed by atoms with Gasteiger partial charge in [0.25, 0.3) is 5.56 Å². The minimum Gasteiger partial charge on any atom is -0.310 e. The molecule has 1 unspecified atom stereocenters. The number of rotatable bonds is 5. The number of amides is 1. The van der Waals surface area contributed by atoms with Crippen LogP contribution in [0.5, 0.6) is 0 Å². The number of hydrogen-bond acceptors (Lipinski definition) is 5. The van der Waals surface area contributed by atoms with Crippen molar-refractivity contribution < 1.29 is 4.79 Å². The second-order valence-electron chi connectivity index (χ2n) is 5.56. The lowest BCUT2D eigenvalue weighted by atomic mass is 9.87. The van der Waals surface area contributed by atoms with Crippen LogP contribution in [-0.4, -0.2) is 27.9 Å². The summed E-state index contributed by atoms with van der Waals surface area (Å²) in [5.74, 6) is 0.902. The lowest BCUT2D eigenvalue weighted by Gasteiger charge is -2.24. The van der Waals surface area contributed by atoms with Crippen LogP contribution in [0, 0.1) is 0 Å². The minimum absolute atomic E-state index is 0.106. The molecule has 2 heterocycles. The van der Waals surface area contributed by atoms with Gasteiger partial charge in [0.15, 0.2) is 5.16 Å². The molecule has 0 aliphatic carbocycles. The zero-order valence-corrected chi connectivity index (χ0v) is 15.2. The minimum atomic E-state index is -0.258. The Labute approximate surface area is 149 Å². The lowest BCUT2D eigenvalue weighted by Crippen LogP contribution is -2.31. The largest absolute Gasteiger partial charge is 0.310 e. The quantitative estimate of drug-likeness (QED) is 0.630. The topological polar surface area (TPSA) is 74.8 Å². The van der Waals surface area contributed by atoms with E-state index in [9.17, 15) is 9.59 Å². The van der Waals surface area contributed by atoms with Crippen LogP contribution >= 0.6 is 23.5 Å². The number of carbonyl (C=O) groups is 1. The smallest absolute Gasteiger partial charge is 0.257 e. The van der Waals surface area contributed by atoms with Crippen molar-refractivity contribution >= 4 is 35.2 Å². The molecule has 2 N–H and O–H groups in total. The Morgan fingerprint density at radius 3 is 2.67 bits per heavy atom. The van der Waals surface area contributed by atoms with Gasteiger partial charge in [0, 0.05) is 23.0 Å². The van der Waals surface area contributed by atoms with E-state index in [0.717, 1.165) is 22.6 Å². The molecule has 1 amide bonds. The van der Waals surface area contributed by atoms with Gasteiger partial charge in [0.05, 0.1) is 5.56 Å². The van der Waals surface area contributed by atoms with Gasteiger partial charge in [-0.3, -0.25) is 9.59 Å². The standard InChI is InChI=1S/C17H19N3O2S2/c1-3-8-24-17-19-15-14(16(22)20-17)12(9-13(21)18-15)10-4-6-11(23-2)7-5-10/h4-7,12H,3,8-9H2,1-2H3,(H2,18,19,20,21,22). The number of fused-ring (bicyclic) bond motifs is 1. The summed E-state index contributed by atoms with van der Waals surface area (Å²) in [6, 6.07) is 7.99. The highest BCUT2D eigenvalue weighted by Gasteiger charge is 2.30. The van der Waals surface area contributed by atoms with Crippen molar-refractivity contribution in [1.82, 2.24) is 9.97 Å². The van der Waals surface area contributed by atoms with Crippen molar-refractivity contribution in [3.05, 3.63) is 45.7 Å². The summed E-state index contributed by atoms with van der Waals surface area (Å²) in [5, 5.41) is 3.31. The van der Waals surface area contributed by atoms with E-state index in [4.69, 9.17) is 0 Å². The summed E-state index contributed by atoms with van der Waals surface area (Å²) < 4.78 is 0. The van der Waals surface area contributed by atoms with E-state index in [0.29, 0.717) is 16.5 Å². The molecule has 5 nitrogen and oxygen atoms in total. The third-order valence-electron chi connectivity index (χ3n) is 3.89. The zero-order chi connectivity index (χ0) is 17.1. The van der Waals surface area contributed by atoms with Crippen molar-refractivity contribution in [2.45, 2.75) is 35.7 Å². The van der Waals surface area contributed by atoms with E-state index >= 15 is 0 Å². The number of hydrogen-bond donors (Lipinski definition) is 2. The number of anilines is 1. The summed E-state index contributed by atoms with van der Waals surface area (Å²) >= 11 is 3.15. The number of H-pyrrole nitrogens is 1. The summed E-state index contributed by atoms with van der Waals surface area (Å²) in [6.45, 7) is 2.07. The molecule has 0 spiro atoms. The summed E-state index contributed by atoms with van der Waals surface area (Å²) in [7, 11) is 0. The number of aromatic nitrogens is 2. The van der Waals surface area contributed by atoms with Crippen LogP contribution in [0.15, 0.2) is 39.1 Å². The molecule has 3 rings (SSSR count). The maximum atomic E-state index is 12.6. The van der Waals surface area contributed by atoms with Gasteiger partial charge in [-0.25, -0.2) is 4.98 Å². The molecule has 0 radical (unpaired) electrons. The van der Waals surface area contributed by atoms with Gasteiger partial charge in [0.1, 0.15) is 5.82 Å². The van der Waals surface area contributed by atoms with E-state index in [1.54, 1.807) is 11.8 Å². The molecule has 126 valence electrons. The molecule has 1 aromatic heterocycles. The predicted octanol–water partition coefficient (Wildman–Crippen LogP) is 3.47. The third kappa shape index (κ3) is 3.52. The molecule has 7 heteroatoms. The molecule has 0 saturated carbocycles. The van der Waals surface area contributed by atoms with Crippen LogP contribution in [0.2, 0.25) is 0 Å². The van der Waals surface area contributed by atoms with Crippen molar-refractivity contribution in [3.63, 3.8) is 0 Å². The zero-order valence-electron chi connectivity index (χ0n) is 13.6. The molecule has 0 saturated heterocycles.